The Bertz CT molecular complexity index is 636. The van der Waals surface area contributed by atoms with Crippen molar-refractivity contribution in [1.82, 2.24) is 25.3 Å². The molecule has 0 amide bonds. The normalized spacial score (nSPS) is 13.1. The predicted molar refractivity (Wildman–Crippen MR) is 104 cm³/mol. The second-order valence-corrected chi connectivity index (χ2v) is 6.47. The summed E-state index contributed by atoms with van der Waals surface area (Å²) in [4.78, 5) is 6.48. The van der Waals surface area contributed by atoms with Crippen molar-refractivity contribution in [3.63, 3.8) is 0 Å². The zero-order chi connectivity index (χ0) is 18.1. The molecule has 0 bridgehead atoms. The highest BCUT2D eigenvalue weighted by molar-refractivity contribution is 6.30. The number of likely N-dealkylation sites (N-methyl/N-ethyl adjacent to an activating group) is 1. The molecule has 0 saturated heterocycles. The SMILES string of the molecule is CN=C(NCCCn1cccn1)NCC(c1ccc(Cl)cc1)N(C)C. The summed E-state index contributed by atoms with van der Waals surface area (Å²) in [5.74, 6) is 0.807. The van der Waals surface area contributed by atoms with Crippen molar-refractivity contribution in [2.75, 3.05) is 34.2 Å². The minimum atomic E-state index is 0.236. The molecule has 0 aliphatic heterocycles. The Balaban J connectivity index is 1.79. The van der Waals surface area contributed by atoms with Crippen LogP contribution in [0.15, 0.2) is 47.7 Å². The number of aryl methyl sites for hydroxylation is 1. The molecule has 0 aliphatic rings. The second-order valence-electron chi connectivity index (χ2n) is 6.03. The van der Waals surface area contributed by atoms with Crippen molar-refractivity contribution in [2.24, 2.45) is 4.99 Å². The van der Waals surface area contributed by atoms with E-state index in [1.165, 1.54) is 5.56 Å². The van der Waals surface area contributed by atoms with Crippen LogP contribution in [0.4, 0.5) is 0 Å². The number of guanidine groups is 1. The van der Waals surface area contributed by atoms with Crippen molar-refractivity contribution < 1.29 is 0 Å². The number of benzene rings is 1. The topological polar surface area (TPSA) is 57.5 Å². The van der Waals surface area contributed by atoms with Crippen molar-refractivity contribution >= 4 is 17.6 Å². The van der Waals surface area contributed by atoms with Crippen LogP contribution in [0, 0.1) is 0 Å². The molecule has 0 radical (unpaired) electrons. The molecule has 1 unspecified atom stereocenters. The number of halogens is 1. The highest BCUT2D eigenvalue weighted by Crippen LogP contribution is 2.19. The summed E-state index contributed by atoms with van der Waals surface area (Å²) in [7, 11) is 5.93. The minimum Gasteiger partial charge on any atom is -0.356 e. The lowest BCUT2D eigenvalue weighted by atomic mass is 10.1. The third-order valence-corrected chi connectivity index (χ3v) is 4.23. The molecule has 136 valence electrons. The molecule has 1 atom stereocenters. The number of aliphatic imine (C=N–C) groups is 1. The molecule has 6 nitrogen and oxygen atoms in total. The standard InChI is InChI=1S/C18H27ClN6/c1-20-18(21-10-4-12-25-13-5-11-23-25)22-14-17(24(2)3)15-6-8-16(19)9-7-15/h5-9,11,13,17H,4,10,12,14H2,1-3H3,(H2,20,21,22). The molecular formula is C18H27ClN6. The zero-order valence-electron chi connectivity index (χ0n) is 15.1. The van der Waals surface area contributed by atoms with Crippen molar-refractivity contribution in [3.8, 4) is 0 Å². The van der Waals surface area contributed by atoms with Gasteiger partial charge in [0, 0.05) is 44.1 Å². The lowest BCUT2D eigenvalue weighted by Crippen LogP contribution is -2.42. The Hall–Kier alpha value is -2.05. The Morgan fingerprint density at radius 3 is 2.64 bits per heavy atom. The van der Waals surface area contributed by atoms with Crippen molar-refractivity contribution in [2.45, 2.75) is 19.0 Å². The van der Waals surface area contributed by atoms with E-state index in [0.717, 1.165) is 37.0 Å². The number of nitrogens with zero attached hydrogens (tertiary/aromatic N) is 4. The maximum Gasteiger partial charge on any atom is 0.191 e. The molecule has 2 N–H and O–H groups in total. The number of hydrogen-bond acceptors (Lipinski definition) is 3. The molecule has 0 spiro atoms. The van der Waals surface area contributed by atoms with Crippen LogP contribution in [-0.4, -0.2) is 54.9 Å². The highest BCUT2D eigenvalue weighted by atomic mass is 35.5. The van der Waals surface area contributed by atoms with Gasteiger partial charge >= 0.3 is 0 Å². The van der Waals surface area contributed by atoms with Crippen LogP contribution in [0.3, 0.4) is 0 Å². The van der Waals surface area contributed by atoms with E-state index in [9.17, 15) is 0 Å². The minimum absolute atomic E-state index is 0.236. The molecular weight excluding hydrogens is 336 g/mol. The first-order valence-electron chi connectivity index (χ1n) is 8.44. The van der Waals surface area contributed by atoms with Gasteiger partial charge in [-0.05, 0) is 44.3 Å². The van der Waals surface area contributed by atoms with E-state index in [0.29, 0.717) is 0 Å². The molecule has 25 heavy (non-hydrogen) atoms. The number of aromatic nitrogens is 2. The summed E-state index contributed by atoms with van der Waals surface area (Å²) < 4.78 is 1.93. The molecule has 2 rings (SSSR count). The Morgan fingerprint density at radius 1 is 1.28 bits per heavy atom. The smallest absolute Gasteiger partial charge is 0.191 e. The lowest BCUT2D eigenvalue weighted by molar-refractivity contribution is 0.298. The van der Waals surface area contributed by atoms with E-state index in [1.54, 1.807) is 13.2 Å². The summed E-state index contributed by atoms with van der Waals surface area (Å²) in [5, 5.41) is 11.7. The van der Waals surface area contributed by atoms with Gasteiger partial charge in [0.2, 0.25) is 0 Å². The Labute approximate surface area is 154 Å². The van der Waals surface area contributed by atoms with E-state index in [-0.39, 0.29) is 6.04 Å². The molecule has 0 saturated carbocycles. The second kappa shape index (κ2) is 10.1. The van der Waals surface area contributed by atoms with Crippen LogP contribution in [0.1, 0.15) is 18.0 Å². The summed E-state index contributed by atoms with van der Waals surface area (Å²) in [6.45, 7) is 2.49. The van der Waals surface area contributed by atoms with Crippen molar-refractivity contribution in [1.29, 1.82) is 0 Å². The van der Waals surface area contributed by atoms with Gasteiger partial charge in [0.1, 0.15) is 0 Å². The first-order valence-corrected chi connectivity index (χ1v) is 8.82. The van der Waals surface area contributed by atoms with Crippen LogP contribution < -0.4 is 10.6 Å². The molecule has 0 fully saturated rings. The quantitative estimate of drug-likeness (QED) is 0.430. The summed E-state index contributed by atoms with van der Waals surface area (Å²) in [6, 6.07) is 10.2. The summed E-state index contributed by atoms with van der Waals surface area (Å²) in [6.07, 6.45) is 4.75. The fourth-order valence-electron chi connectivity index (χ4n) is 2.58. The van der Waals surface area contributed by atoms with Gasteiger partial charge in [0.05, 0.1) is 6.04 Å². The third-order valence-electron chi connectivity index (χ3n) is 3.98. The van der Waals surface area contributed by atoms with E-state index >= 15 is 0 Å². The van der Waals surface area contributed by atoms with Crippen molar-refractivity contribution in [3.05, 3.63) is 53.3 Å². The first-order chi connectivity index (χ1) is 12.1. The largest absolute Gasteiger partial charge is 0.356 e. The maximum absolute atomic E-state index is 5.99. The van der Waals surface area contributed by atoms with Gasteiger partial charge in [0.15, 0.2) is 5.96 Å². The average Bonchev–Trinajstić information content (AvgIpc) is 3.11. The van der Waals surface area contributed by atoms with Gasteiger partial charge in [-0.25, -0.2) is 0 Å². The van der Waals surface area contributed by atoms with Crippen LogP contribution >= 0.6 is 11.6 Å². The van der Waals surface area contributed by atoms with Crippen LogP contribution in [-0.2, 0) is 6.54 Å². The fraction of sp³-hybridized carbons (Fsp3) is 0.444. The zero-order valence-corrected chi connectivity index (χ0v) is 15.9. The third kappa shape index (κ3) is 6.40. The van der Waals surface area contributed by atoms with Gasteiger partial charge in [-0.3, -0.25) is 9.67 Å². The lowest BCUT2D eigenvalue weighted by Gasteiger charge is -2.26. The van der Waals surface area contributed by atoms with Gasteiger partial charge in [-0.2, -0.15) is 5.10 Å². The Morgan fingerprint density at radius 2 is 2.04 bits per heavy atom. The first kappa shape index (κ1) is 19.3. The van der Waals surface area contributed by atoms with E-state index in [4.69, 9.17) is 11.6 Å². The fourth-order valence-corrected chi connectivity index (χ4v) is 2.70. The molecule has 7 heteroatoms. The van der Waals surface area contributed by atoms with Gasteiger partial charge < -0.3 is 15.5 Å². The highest BCUT2D eigenvalue weighted by Gasteiger charge is 2.14. The monoisotopic (exact) mass is 362 g/mol. The summed E-state index contributed by atoms with van der Waals surface area (Å²) in [5.41, 5.74) is 1.22. The number of rotatable bonds is 8. The predicted octanol–water partition coefficient (Wildman–Crippen LogP) is 2.39. The van der Waals surface area contributed by atoms with E-state index in [2.05, 4.69) is 51.9 Å². The van der Waals surface area contributed by atoms with E-state index < -0.39 is 0 Å². The summed E-state index contributed by atoms with van der Waals surface area (Å²) >= 11 is 5.99. The number of nitrogens with one attached hydrogen (secondary N) is 2. The van der Waals surface area contributed by atoms with Gasteiger partial charge in [-0.15, -0.1) is 0 Å². The van der Waals surface area contributed by atoms with Gasteiger partial charge in [0.25, 0.3) is 0 Å². The molecule has 1 aromatic heterocycles. The van der Waals surface area contributed by atoms with Gasteiger partial charge in [-0.1, -0.05) is 23.7 Å². The van der Waals surface area contributed by atoms with Crippen LogP contribution in [0.25, 0.3) is 0 Å². The molecule has 1 heterocycles. The molecule has 0 aliphatic carbocycles. The number of hydrogen-bond donors (Lipinski definition) is 2. The Kier molecular flexibility index (Phi) is 7.76. The van der Waals surface area contributed by atoms with E-state index in [1.807, 2.05) is 29.1 Å². The molecule has 2 aromatic rings. The molecule has 1 aromatic carbocycles. The average molecular weight is 363 g/mol. The van der Waals surface area contributed by atoms with Crippen LogP contribution in [0.2, 0.25) is 5.02 Å². The van der Waals surface area contributed by atoms with Crippen LogP contribution in [0.5, 0.6) is 0 Å². The maximum atomic E-state index is 5.99.